The van der Waals surface area contributed by atoms with Crippen LogP contribution in [0.1, 0.15) is 36.1 Å². The number of rotatable bonds is 5. The number of ketones is 1. The second kappa shape index (κ2) is 5.12. The van der Waals surface area contributed by atoms with E-state index < -0.39 is 0 Å². The van der Waals surface area contributed by atoms with Gasteiger partial charge in [0.25, 0.3) is 0 Å². The maximum Gasteiger partial charge on any atom is 0.234 e. The average molecular weight is 248 g/mol. The van der Waals surface area contributed by atoms with Crippen molar-refractivity contribution in [3.8, 4) is 0 Å². The largest absolute Gasteiger partial charge is 0.339 e. The van der Waals surface area contributed by atoms with Crippen LogP contribution in [0.25, 0.3) is 0 Å². The monoisotopic (exact) mass is 248 g/mol. The SMILES string of the molecule is CC(C)Cc1noc(CC(=O)c2ccnn2C)n1. The Balaban J connectivity index is 2.04. The van der Waals surface area contributed by atoms with Crippen molar-refractivity contribution >= 4 is 5.78 Å². The summed E-state index contributed by atoms with van der Waals surface area (Å²) >= 11 is 0. The van der Waals surface area contributed by atoms with Crippen LogP contribution < -0.4 is 0 Å². The summed E-state index contributed by atoms with van der Waals surface area (Å²) in [5.41, 5.74) is 0.540. The standard InChI is InChI=1S/C12H16N4O2/c1-8(2)6-11-14-12(18-15-11)7-10(17)9-4-5-13-16(9)3/h4-5,8H,6-7H2,1-3H3. The topological polar surface area (TPSA) is 73.8 Å². The number of aryl methyl sites for hydroxylation is 1. The summed E-state index contributed by atoms with van der Waals surface area (Å²) in [6, 6.07) is 1.67. The van der Waals surface area contributed by atoms with Crippen molar-refractivity contribution in [2.75, 3.05) is 0 Å². The van der Waals surface area contributed by atoms with E-state index in [2.05, 4.69) is 29.1 Å². The molecule has 0 aliphatic carbocycles. The molecule has 0 bridgehead atoms. The Kier molecular flexibility index (Phi) is 3.55. The molecule has 18 heavy (non-hydrogen) atoms. The molecule has 0 saturated heterocycles. The second-order valence-corrected chi connectivity index (χ2v) is 4.64. The quantitative estimate of drug-likeness (QED) is 0.748. The summed E-state index contributed by atoms with van der Waals surface area (Å²) < 4.78 is 6.60. The van der Waals surface area contributed by atoms with E-state index in [0.29, 0.717) is 23.3 Å². The molecular weight excluding hydrogens is 232 g/mol. The number of hydrogen-bond acceptors (Lipinski definition) is 5. The van der Waals surface area contributed by atoms with Crippen LogP contribution in [-0.2, 0) is 19.9 Å². The van der Waals surface area contributed by atoms with Crippen LogP contribution in [0.3, 0.4) is 0 Å². The lowest BCUT2D eigenvalue weighted by molar-refractivity contribution is 0.0974. The normalized spacial score (nSPS) is 11.1. The van der Waals surface area contributed by atoms with Gasteiger partial charge in [-0.25, -0.2) is 0 Å². The molecular formula is C12H16N4O2. The smallest absolute Gasteiger partial charge is 0.234 e. The first-order valence-electron chi connectivity index (χ1n) is 5.89. The minimum absolute atomic E-state index is 0.0743. The van der Waals surface area contributed by atoms with Gasteiger partial charge in [-0.2, -0.15) is 10.1 Å². The van der Waals surface area contributed by atoms with Crippen LogP contribution in [-0.4, -0.2) is 25.7 Å². The Labute approximate surface area is 105 Å². The highest BCUT2D eigenvalue weighted by atomic mass is 16.5. The van der Waals surface area contributed by atoms with E-state index in [9.17, 15) is 4.79 Å². The Morgan fingerprint density at radius 1 is 1.50 bits per heavy atom. The van der Waals surface area contributed by atoms with Crippen molar-refractivity contribution in [3.05, 3.63) is 29.7 Å². The van der Waals surface area contributed by atoms with Gasteiger partial charge in [0.2, 0.25) is 5.89 Å². The lowest BCUT2D eigenvalue weighted by atomic mass is 10.1. The average Bonchev–Trinajstić information content (AvgIpc) is 2.87. The summed E-state index contributed by atoms with van der Waals surface area (Å²) in [6.07, 6.45) is 2.46. The van der Waals surface area contributed by atoms with Gasteiger partial charge in [-0.1, -0.05) is 19.0 Å². The maximum atomic E-state index is 11.9. The van der Waals surface area contributed by atoms with Gasteiger partial charge in [0.1, 0.15) is 5.69 Å². The summed E-state index contributed by atoms with van der Waals surface area (Å²) in [5, 5.41) is 7.81. The molecule has 0 radical (unpaired) electrons. The van der Waals surface area contributed by atoms with E-state index >= 15 is 0 Å². The van der Waals surface area contributed by atoms with E-state index in [-0.39, 0.29) is 12.2 Å². The van der Waals surface area contributed by atoms with Crippen LogP contribution in [0.5, 0.6) is 0 Å². The molecule has 0 aliphatic heterocycles. The van der Waals surface area contributed by atoms with E-state index in [1.54, 1.807) is 19.3 Å². The van der Waals surface area contributed by atoms with Gasteiger partial charge in [0, 0.05) is 19.7 Å². The predicted octanol–water partition coefficient (Wildman–Crippen LogP) is 1.43. The molecule has 0 spiro atoms. The molecule has 6 heteroatoms. The van der Waals surface area contributed by atoms with Gasteiger partial charge in [-0.05, 0) is 12.0 Å². The fourth-order valence-electron chi connectivity index (χ4n) is 1.69. The van der Waals surface area contributed by atoms with Crippen molar-refractivity contribution in [3.63, 3.8) is 0 Å². The van der Waals surface area contributed by atoms with Gasteiger partial charge in [0.15, 0.2) is 11.6 Å². The zero-order valence-electron chi connectivity index (χ0n) is 10.8. The number of aromatic nitrogens is 4. The van der Waals surface area contributed by atoms with Crippen LogP contribution in [0, 0.1) is 5.92 Å². The Morgan fingerprint density at radius 3 is 2.89 bits per heavy atom. The van der Waals surface area contributed by atoms with Crippen LogP contribution >= 0.6 is 0 Å². The Bertz CT molecular complexity index is 542. The van der Waals surface area contributed by atoms with Crippen molar-refractivity contribution in [2.45, 2.75) is 26.7 Å². The molecule has 0 amide bonds. The number of carbonyl (C=O) groups is 1. The molecule has 96 valence electrons. The highest BCUT2D eigenvalue weighted by Gasteiger charge is 2.15. The van der Waals surface area contributed by atoms with Gasteiger partial charge < -0.3 is 4.52 Å². The van der Waals surface area contributed by atoms with Crippen molar-refractivity contribution in [1.29, 1.82) is 0 Å². The Morgan fingerprint density at radius 2 is 2.28 bits per heavy atom. The molecule has 0 unspecified atom stereocenters. The zero-order chi connectivity index (χ0) is 13.1. The summed E-state index contributed by atoms with van der Waals surface area (Å²) in [4.78, 5) is 16.1. The number of carbonyl (C=O) groups excluding carboxylic acids is 1. The lowest BCUT2D eigenvalue weighted by Crippen LogP contribution is -2.10. The lowest BCUT2D eigenvalue weighted by Gasteiger charge is -1.98. The minimum Gasteiger partial charge on any atom is -0.339 e. The van der Waals surface area contributed by atoms with Crippen molar-refractivity contribution in [1.82, 2.24) is 19.9 Å². The predicted molar refractivity (Wildman–Crippen MR) is 64.1 cm³/mol. The molecule has 2 rings (SSSR count). The fraction of sp³-hybridized carbons (Fsp3) is 0.500. The third-order valence-electron chi connectivity index (χ3n) is 2.52. The molecule has 0 fully saturated rings. The van der Waals surface area contributed by atoms with E-state index in [1.165, 1.54) is 4.68 Å². The van der Waals surface area contributed by atoms with E-state index in [0.717, 1.165) is 6.42 Å². The minimum atomic E-state index is -0.0743. The summed E-state index contributed by atoms with van der Waals surface area (Å²) in [7, 11) is 1.73. The van der Waals surface area contributed by atoms with Gasteiger partial charge in [0.05, 0.1) is 6.42 Å². The third-order valence-corrected chi connectivity index (χ3v) is 2.52. The summed E-state index contributed by atoms with van der Waals surface area (Å²) in [6.45, 7) is 4.16. The van der Waals surface area contributed by atoms with Gasteiger partial charge >= 0.3 is 0 Å². The number of Topliss-reactive ketones (excluding diaryl/α,β-unsaturated/α-hetero) is 1. The van der Waals surface area contributed by atoms with E-state index in [4.69, 9.17) is 4.52 Å². The molecule has 0 saturated carbocycles. The highest BCUT2D eigenvalue weighted by Crippen LogP contribution is 2.08. The molecule has 2 aromatic rings. The molecule has 6 nitrogen and oxygen atoms in total. The molecule has 0 atom stereocenters. The highest BCUT2D eigenvalue weighted by molar-refractivity contribution is 5.95. The van der Waals surface area contributed by atoms with Crippen LogP contribution in [0.2, 0.25) is 0 Å². The Hall–Kier alpha value is -1.98. The van der Waals surface area contributed by atoms with Gasteiger partial charge in [-0.15, -0.1) is 0 Å². The van der Waals surface area contributed by atoms with Crippen molar-refractivity contribution < 1.29 is 9.32 Å². The first-order valence-corrected chi connectivity index (χ1v) is 5.89. The summed E-state index contributed by atoms with van der Waals surface area (Å²) in [5.74, 6) is 1.40. The second-order valence-electron chi connectivity index (χ2n) is 4.64. The maximum absolute atomic E-state index is 11.9. The van der Waals surface area contributed by atoms with Crippen LogP contribution in [0.4, 0.5) is 0 Å². The zero-order valence-corrected chi connectivity index (χ0v) is 10.8. The fourth-order valence-corrected chi connectivity index (χ4v) is 1.69. The number of nitrogens with zero attached hydrogens (tertiary/aromatic N) is 4. The first-order chi connectivity index (χ1) is 8.56. The van der Waals surface area contributed by atoms with E-state index in [1.807, 2.05) is 0 Å². The van der Waals surface area contributed by atoms with Crippen LogP contribution in [0.15, 0.2) is 16.8 Å². The van der Waals surface area contributed by atoms with Crippen molar-refractivity contribution in [2.24, 2.45) is 13.0 Å². The molecule has 2 heterocycles. The third kappa shape index (κ3) is 2.82. The number of hydrogen-bond donors (Lipinski definition) is 0. The molecule has 2 aromatic heterocycles. The first kappa shape index (κ1) is 12.5. The van der Waals surface area contributed by atoms with Gasteiger partial charge in [-0.3, -0.25) is 9.48 Å². The molecule has 0 aromatic carbocycles. The molecule has 0 N–H and O–H groups in total. The molecule has 0 aliphatic rings.